The van der Waals surface area contributed by atoms with E-state index in [1.54, 1.807) is 0 Å². The van der Waals surface area contributed by atoms with Crippen LogP contribution in [0.3, 0.4) is 0 Å². The highest BCUT2D eigenvalue weighted by Gasteiger charge is 0.0963. The van der Waals surface area contributed by atoms with Crippen molar-refractivity contribution in [1.29, 1.82) is 0 Å². The Hall–Kier alpha value is 2.46. The minimum Gasteiger partial charge on any atom is -0.153 e. The van der Waals surface area contributed by atoms with Crippen molar-refractivity contribution in [2.75, 3.05) is 0 Å². The SMILES string of the molecule is P.[ClH2+].[ClH2+].[ClH2+].[ClH2+].[ClH2+].[ClH2+].[ClH2+]. The average molecular weight is 296 g/mol. The minimum absolute atomic E-state index is 0. The normalized spacial score (nSPS) is 0. The second kappa shape index (κ2) is 112. The molecule has 0 rings (SSSR count). The van der Waals surface area contributed by atoms with Gasteiger partial charge in [0.05, 0.1) is 86.8 Å². The molecule has 0 aromatic carbocycles. The maximum atomic E-state index is 0. The van der Waals surface area contributed by atoms with Crippen LogP contribution in [0, 0.1) is 86.8 Å². The van der Waals surface area contributed by atoms with Gasteiger partial charge < -0.3 is 0 Å². The molecule has 0 aromatic rings. The fourth-order valence-electron chi connectivity index (χ4n) is 0. The van der Waals surface area contributed by atoms with Crippen molar-refractivity contribution in [3.8, 4) is 0 Å². The van der Waals surface area contributed by atoms with E-state index in [0.717, 1.165) is 0 Å². The Morgan fingerprint density at radius 3 is 0.250 bits per heavy atom. The van der Waals surface area contributed by atoms with E-state index in [0.29, 0.717) is 0 Å². The van der Waals surface area contributed by atoms with Gasteiger partial charge in [-0.25, -0.2) is 0 Å². The van der Waals surface area contributed by atoms with E-state index >= 15 is 0 Å². The number of hydrogen-bond acceptors (Lipinski definition) is 0. The highest BCUT2D eigenvalue weighted by molar-refractivity contribution is 6.92. The third kappa shape index (κ3) is 77.8. The van der Waals surface area contributed by atoms with Gasteiger partial charge in [0, 0.05) is 0 Å². The zero-order valence-corrected chi connectivity index (χ0v) is 11.5. The molecule has 0 heterocycles. The fourth-order valence-corrected chi connectivity index (χ4v) is 0. The maximum absolute atomic E-state index is 0. The first-order chi connectivity index (χ1) is 0. The summed E-state index contributed by atoms with van der Waals surface area (Å²) in [6.45, 7) is 0. The van der Waals surface area contributed by atoms with Crippen molar-refractivity contribution >= 4 is 9.90 Å². The quantitative estimate of drug-likeness (QED) is 0.404. The maximum Gasteiger partial charge on any atom is 0.0903 e. The van der Waals surface area contributed by atoms with Crippen LogP contribution in [0.1, 0.15) is 0 Å². The van der Waals surface area contributed by atoms with E-state index in [2.05, 4.69) is 0 Å². The highest BCUT2D eigenvalue weighted by atomic mass is 35.5. The van der Waals surface area contributed by atoms with Gasteiger partial charge in [-0.2, -0.15) is 9.90 Å². The summed E-state index contributed by atoms with van der Waals surface area (Å²) in [4.78, 5) is 0. The largest absolute Gasteiger partial charge is 0.153 e. The van der Waals surface area contributed by atoms with E-state index in [1.807, 2.05) is 0 Å². The Labute approximate surface area is 96.2 Å². The lowest BCUT2D eigenvalue weighted by Crippen LogP contribution is -0.00100. The summed E-state index contributed by atoms with van der Waals surface area (Å²) in [5.41, 5.74) is 0. The number of halogens is 7. The number of rotatable bonds is 0. The fraction of sp³-hybridized carbons (Fsp3) is 0. The van der Waals surface area contributed by atoms with E-state index in [-0.39, 0.29) is 96.7 Å². The molecule has 1 atom stereocenters. The summed E-state index contributed by atoms with van der Waals surface area (Å²) in [6.07, 6.45) is 0. The molecule has 0 N–H and O–H groups in total. The molecule has 0 radical (unpaired) electrons. The van der Waals surface area contributed by atoms with Crippen molar-refractivity contribution in [3.63, 3.8) is 0 Å². The lowest BCUT2D eigenvalue weighted by molar-refractivity contribution is -0.00100. The van der Waals surface area contributed by atoms with Gasteiger partial charge in [-0.15, -0.1) is 0 Å². The van der Waals surface area contributed by atoms with Gasteiger partial charge in [0.25, 0.3) is 0 Å². The Bertz CT molecular complexity index is 4.35. The molecule has 0 nitrogen and oxygen atoms in total. The first-order valence-electron chi connectivity index (χ1n) is 0. The van der Waals surface area contributed by atoms with Crippen molar-refractivity contribution in [1.82, 2.24) is 0 Å². The predicted octanol–water partition coefficient (Wildman–Crippen LogP) is -3.69. The molecule has 8 heteroatoms. The topological polar surface area (TPSA) is 0 Å². The van der Waals surface area contributed by atoms with Crippen LogP contribution in [0.2, 0.25) is 0 Å². The van der Waals surface area contributed by atoms with E-state index in [4.69, 9.17) is 0 Å². The molecule has 1 unspecified atom stereocenters. The van der Waals surface area contributed by atoms with Gasteiger partial charge in [-0.1, -0.05) is 0 Å². The zero-order chi connectivity index (χ0) is 0. The summed E-state index contributed by atoms with van der Waals surface area (Å²) >= 11 is 0. The average Bonchev–Trinajstić information content (AvgIpc) is 0. The molecule has 64 valence electrons. The molecule has 0 amide bonds. The molecular weight excluding hydrogens is 279 g/mol. The van der Waals surface area contributed by atoms with Gasteiger partial charge in [0.15, 0.2) is 0 Å². The van der Waals surface area contributed by atoms with E-state index in [1.165, 1.54) is 0 Å². The first-order valence-corrected chi connectivity index (χ1v) is 0. The summed E-state index contributed by atoms with van der Waals surface area (Å²) in [6, 6.07) is 0. The Morgan fingerprint density at radius 1 is 0.250 bits per heavy atom. The second-order valence-corrected chi connectivity index (χ2v) is 0. The van der Waals surface area contributed by atoms with E-state index < -0.39 is 0 Å². The molecule has 0 bridgehead atoms. The van der Waals surface area contributed by atoms with Crippen molar-refractivity contribution < 1.29 is 86.8 Å². The molecule has 0 aromatic heterocycles. The van der Waals surface area contributed by atoms with Crippen molar-refractivity contribution in [2.24, 2.45) is 0 Å². The lowest BCUT2D eigenvalue weighted by atomic mass is 31.0. The standard InChI is InChI=1S/7ClH2.H3P/h7*1H2;1H3/q7*+1;. The van der Waals surface area contributed by atoms with E-state index in [9.17, 15) is 0 Å². The summed E-state index contributed by atoms with van der Waals surface area (Å²) in [5.74, 6) is 0. The zero-order valence-electron chi connectivity index (χ0n) is 3.84. The molecule has 0 fully saturated rings. The van der Waals surface area contributed by atoms with Crippen LogP contribution in [-0.4, -0.2) is 0 Å². The smallest absolute Gasteiger partial charge is 0.0903 e. The van der Waals surface area contributed by atoms with Crippen molar-refractivity contribution in [3.05, 3.63) is 0 Å². The van der Waals surface area contributed by atoms with Crippen LogP contribution in [0.15, 0.2) is 0 Å². The molecule has 0 saturated carbocycles. The van der Waals surface area contributed by atoms with Gasteiger partial charge in [0.1, 0.15) is 0 Å². The molecule has 8 heavy (non-hydrogen) atoms. The summed E-state index contributed by atoms with van der Waals surface area (Å²) < 4.78 is 0. The van der Waals surface area contributed by atoms with Gasteiger partial charge in [-0.3, -0.25) is 0 Å². The van der Waals surface area contributed by atoms with Crippen LogP contribution in [-0.2, 0) is 0 Å². The molecule has 0 aliphatic heterocycles. The first kappa shape index (κ1) is 155. The van der Waals surface area contributed by atoms with Crippen LogP contribution in [0.25, 0.3) is 0 Å². The Morgan fingerprint density at radius 2 is 0.250 bits per heavy atom. The van der Waals surface area contributed by atoms with Gasteiger partial charge in [-0.05, 0) is 0 Å². The predicted molar refractivity (Wildman–Crippen MR) is 30.6 cm³/mol. The third-order valence-corrected chi connectivity index (χ3v) is 0. The van der Waals surface area contributed by atoms with Crippen LogP contribution < -0.4 is 0 Å². The molecule has 0 saturated heterocycles. The Balaban J connectivity index is 0. The highest BCUT2D eigenvalue weighted by Crippen LogP contribution is 0.861. The lowest BCUT2D eigenvalue weighted by Gasteiger charge is -0.153. The molecular formula is H17Cl7P+7. The van der Waals surface area contributed by atoms with Crippen LogP contribution >= 0.6 is 9.90 Å². The van der Waals surface area contributed by atoms with Crippen LogP contribution in [0.4, 0.5) is 0 Å². The van der Waals surface area contributed by atoms with Crippen LogP contribution in [0.5, 0.6) is 0 Å². The summed E-state index contributed by atoms with van der Waals surface area (Å²) in [7, 11) is 0. The van der Waals surface area contributed by atoms with Gasteiger partial charge in [0.2, 0.25) is 0 Å². The monoisotopic (exact) mass is 293 g/mol. The third-order valence-electron chi connectivity index (χ3n) is 0. The Kier molecular flexibility index (Phi) is 2160. The second-order valence-electron chi connectivity index (χ2n) is 0. The number of hydrogen-bond donors (Lipinski definition) is 0. The molecule has 0 spiro atoms. The molecule has 0 aliphatic carbocycles. The summed E-state index contributed by atoms with van der Waals surface area (Å²) in [5, 5.41) is 0. The van der Waals surface area contributed by atoms with Crippen molar-refractivity contribution in [2.45, 2.75) is 0 Å². The minimum atomic E-state index is 0. The molecule has 0 aliphatic rings. The van der Waals surface area contributed by atoms with Gasteiger partial charge >= 0.3 is 0 Å².